The van der Waals surface area contributed by atoms with Gasteiger partial charge in [0.1, 0.15) is 0 Å². The van der Waals surface area contributed by atoms with Crippen molar-refractivity contribution in [1.82, 2.24) is 10.2 Å². The first kappa shape index (κ1) is 16.8. The number of carbonyl (C=O) groups is 2. The Morgan fingerprint density at radius 2 is 1.58 bits per heavy atom. The molecule has 130 valence electrons. The van der Waals surface area contributed by atoms with Crippen LogP contribution in [0.3, 0.4) is 0 Å². The zero-order valence-corrected chi connectivity index (χ0v) is 14.4. The van der Waals surface area contributed by atoms with Gasteiger partial charge in [0.2, 0.25) is 11.8 Å². The lowest BCUT2D eigenvalue weighted by Crippen LogP contribution is -2.48. The normalized spacial score (nSPS) is 20.0. The fourth-order valence-corrected chi connectivity index (χ4v) is 3.70. The predicted octanol–water partition coefficient (Wildman–Crippen LogP) is 2.03. The van der Waals surface area contributed by atoms with Gasteiger partial charge in [-0.05, 0) is 37.8 Å². The van der Waals surface area contributed by atoms with E-state index < -0.39 is 0 Å². The maximum atomic E-state index is 12.5. The highest BCUT2D eigenvalue weighted by Gasteiger charge is 2.28. The third-order valence-corrected chi connectivity index (χ3v) is 5.27. The molecular formula is C19H27N3O2. The van der Waals surface area contributed by atoms with Gasteiger partial charge < -0.3 is 15.1 Å². The first-order valence-corrected chi connectivity index (χ1v) is 8.99. The summed E-state index contributed by atoms with van der Waals surface area (Å²) >= 11 is 0. The molecule has 0 aromatic heterocycles. The summed E-state index contributed by atoms with van der Waals surface area (Å²) in [6, 6.07) is 10.7. The van der Waals surface area contributed by atoms with Crippen LogP contribution in [0.1, 0.15) is 32.6 Å². The van der Waals surface area contributed by atoms with Crippen LogP contribution in [0.2, 0.25) is 0 Å². The highest BCUT2D eigenvalue weighted by Crippen LogP contribution is 2.21. The summed E-state index contributed by atoms with van der Waals surface area (Å²) in [5.74, 6) is 0.353. The molecule has 2 aliphatic rings. The van der Waals surface area contributed by atoms with Crippen molar-refractivity contribution in [3.63, 3.8) is 0 Å². The van der Waals surface area contributed by atoms with E-state index >= 15 is 0 Å². The van der Waals surface area contributed by atoms with E-state index in [9.17, 15) is 9.59 Å². The van der Waals surface area contributed by atoms with E-state index in [1.54, 1.807) is 6.92 Å². The van der Waals surface area contributed by atoms with Crippen molar-refractivity contribution in [2.24, 2.45) is 5.92 Å². The van der Waals surface area contributed by atoms with Gasteiger partial charge in [-0.1, -0.05) is 18.2 Å². The number of rotatable bonds is 3. The van der Waals surface area contributed by atoms with Crippen molar-refractivity contribution in [3.8, 4) is 0 Å². The molecule has 3 rings (SSSR count). The van der Waals surface area contributed by atoms with Crippen LogP contribution in [0.25, 0.3) is 0 Å². The molecule has 0 spiro atoms. The Morgan fingerprint density at radius 1 is 0.958 bits per heavy atom. The van der Waals surface area contributed by atoms with E-state index in [-0.39, 0.29) is 23.8 Å². The molecule has 2 aliphatic heterocycles. The maximum Gasteiger partial charge on any atom is 0.223 e. The number of likely N-dealkylation sites (tertiary alicyclic amines) is 1. The van der Waals surface area contributed by atoms with Crippen molar-refractivity contribution < 1.29 is 9.59 Å². The van der Waals surface area contributed by atoms with Crippen LogP contribution in [0.15, 0.2) is 30.3 Å². The number of para-hydroxylation sites is 1. The van der Waals surface area contributed by atoms with Gasteiger partial charge in [-0.2, -0.15) is 0 Å². The molecule has 2 amide bonds. The monoisotopic (exact) mass is 329 g/mol. The van der Waals surface area contributed by atoms with Gasteiger partial charge in [0.25, 0.3) is 0 Å². The second-order valence-corrected chi connectivity index (χ2v) is 6.89. The highest BCUT2D eigenvalue weighted by atomic mass is 16.2. The molecule has 5 heteroatoms. The van der Waals surface area contributed by atoms with Gasteiger partial charge in [-0.15, -0.1) is 0 Å². The van der Waals surface area contributed by atoms with Crippen molar-refractivity contribution in [3.05, 3.63) is 30.3 Å². The minimum Gasteiger partial charge on any atom is -0.371 e. The molecule has 0 bridgehead atoms. The fraction of sp³-hybridized carbons (Fsp3) is 0.579. The quantitative estimate of drug-likeness (QED) is 0.923. The third-order valence-electron chi connectivity index (χ3n) is 5.27. The first-order valence-electron chi connectivity index (χ1n) is 8.99. The van der Waals surface area contributed by atoms with Gasteiger partial charge in [0.15, 0.2) is 0 Å². The number of amides is 2. The lowest BCUT2D eigenvalue weighted by Gasteiger charge is -2.35. The number of hydrogen-bond acceptors (Lipinski definition) is 3. The average molecular weight is 329 g/mol. The Bertz CT molecular complexity index is 559. The van der Waals surface area contributed by atoms with Gasteiger partial charge >= 0.3 is 0 Å². The zero-order valence-electron chi connectivity index (χ0n) is 14.4. The number of anilines is 1. The number of nitrogens with one attached hydrogen (secondary N) is 1. The van der Waals surface area contributed by atoms with Crippen molar-refractivity contribution in [2.45, 2.75) is 38.6 Å². The third kappa shape index (κ3) is 4.08. The standard InChI is InChI=1S/C19H27N3O2/c1-15(23)21-11-7-16(8-12-21)19(24)20-17-9-13-22(14-10-17)18-5-3-2-4-6-18/h2-6,16-17H,7-14H2,1H3,(H,20,24). The van der Waals surface area contributed by atoms with Gasteiger partial charge in [-0.25, -0.2) is 0 Å². The Morgan fingerprint density at radius 3 is 2.17 bits per heavy atom. The van der Waals surface area contributed by atoms with Crippen LogP contribution in [0.4, 0.5) is 5.69 Å². The smallest absolute Gasteiger partial charge is 0.223 e. The summed E-state index contributed by atoms with van der Waals surface area (Å²) in [7, 11) is 0. The van der Waals surface area contributed by atoms with E-state index in [4.69, 9.17) is 0 Å². The Hall–Kier alpha value is -2.04. The predicted molar refractivity (Wildman–Crippen MR) is 94.8 cm³/mol. The number of carbonyl (C=O) groups excluding carboxylic acids is 2. The van der Waals surface area contributed by atoms with E-state index in [0.717, 1.165) is 38.8 Å². The molecule has 0 aliphatic carbocycles. The summed E-state index contributed by atoms with van der Waals surface area (Å²) < 4.78 is 0. The van der Waals surface area contributed by atoms with Crippen LogP contribution in [0.5, 0.6) is 0 Å². The molecule has 1 aromatic rings. The van der Waals surface area contributed by atoms with E-state index in [1.807, 2.05) is 11.0 Å². The van der Waals surface area contributed by atoms with E-state index in [0.29, 0.717) is 13.1 Å². The molecule has 1 aromatic carbocycles. The van der Waals surface area contributed by atoms with Crippen LogP contribution < -0.4 is 10.2 Å². The van der Waals surface area contributed by atoms with E-state index in [2.05, 4.69) is 34.5 Å². The molecule has 0 saturated carbocycles. The zero-order chi connectivity index (χ0) is 16.9. The molecule has 0 radical (unpaired) electrons. The minimum absolute atomic E-state index is 0.0627. The molecule has 2 heterocycles. The summed E-state index contributed by atoms with van der Waals surface area (Å²) in [4.78, 5) is 28.0. The molecule has 24 heavy (non-hydrogen) atoms. The molecule has 2 fully saturated rings. The second-order valence-electron chi connectivity index (χ2n) is 6.89. The number of benzene rings is 1. The molecule has 1 N–H and O–H groups in total. The second kappa shape index (κ2) is 7.69. The largest absolute Gasteiger partial charge is 0.371 e. The van der Waals surface area contributed by atoms with Crippen molar-refractivity contribution >= 4 is 17.5 Å². The topological polar surface area (TPSA) is 52.7 Å². The van der Waals surface area contributed by atoms with E-state index in [1.165, 1.54) is 5.69 Å². The van der Waals surface area contributed by atoms with Gasteiger partial charge in [0.05, 0.1) is 0 Å². The Labute approximate surface area is 144 Å². The molecular weight excluding hydrogens is 302 g/mol. The fourth-order valence-electron chi connectivity index (χ4n) is 3.70. The Balaban J connectivity index is 1.43. The Kier molecular flexibility index (Phi) is 5.38. The number of piperidine rings is 2. The summed E-state index contributed by atoms with van der Waals surface area (Å²) in [6.07, 6.45) is 3.56. The van der Waals surface area contributed by atoms with Crippen LogP contribution in [0, 0.1) is 5.92 Å². The van der Waals surface area contributed by atoms with Crippen LogP contribution in [-0.4, -0.2) is 48.9 Å². The number of hydrogen-bond donors (Lipinski definition) is 1. The molecule has 5 nitrogen and oxygen atoms in total. The SMILES string of the molecule is CC(=O)N1CCC(C(=O)NC2CCN(c3ccccc3)CC2)CC1. The summed E-state index contributed by atoms with van der Waals surface area (Å²) in [6.45, 7) is 4.98. The average Bonchev–Trinajstić information content (AvgIpc) is 2.63. The summed E-state index contributed by atoms with van der Waals surface area (Å²) in [5.41, 5.74) is 1.26. The van der Waals surface area contributed by atoms with Crippen LogP contribution in [-0.2, 0) is 9.59 Å². The highest BCUT2D eigenvalue weighted by molar-refractivity contribution is 5.80. The van der Waals surface area contributed by atoms with Crippen LogP contribution >= 0.6 is 0 Å². The molecule has 0 atom stereocenters. The maximum absolute atomic E-state index is 12.5. The molecule has 0 unspecified atom stereocenters. The van der Waals surface area contributed by atoms with Crippen molar-refractivity contribution in [2.75, 3.05) is 31.1 Å². The summed E-state index contributed by atoms with van der Waals surface area (Å²) in [5, 5.41) is 3.24. The minimum atomic E-state index is 0.0627. The number of nitrogens with zero attached hydrogens (tertiary/aromatic N) is 2. The van der Waals surface area contributed by atoms with Gasteiger partial charge in [0, 0.05) is 50.7 Å². The first-order chi connectivity index (χ1) is 11.6. The van der Waals surface area contributed by atoms with Crippen molar-refractivity contribution in [1.29, 1.82) is 0 Å². The van der Waals surface area contributed by atoms with Gasteiger partial charge in [-0.3, -0.25) is 9.59 Å². The lowest BCUT2D eigenvalue weighted by molar-refractivity contribution is -0.134. The molecule has 2 saturated heterocycles. The lowest BCUT2D eigenvalue weighted by atomic mass is 9.94.